The van der Waals surface area contributed by atoms with Crippen LogP contribution in [0.3, 0.4) is 0 Å². The first-order chi connectivity index (χ1) is 12.4. The van der Waals surface area contributed by atoms with Crippen molar-refractivity contribution in [1.82, 2.24) is 0 Å². The van der Waals surface area contributed by atoms with Gasteiger partial charge >= 0.3 is 23.9 Å². The lowest BCUT2D eigenvalue weighted by atomic mass is 9.85. The van der Waals surface area contributed by atoms with Gasteiger partial charge in [-0.1, -0.05) is 0 Å². The summed E-state index contributed by atoms with van der Waals surface area (Å²) in [5.74, 6) is -4.60. The Bertz CT molecular complexity index is 1280. The quantitative estimate of drug-likeness (QED) is 0.409. The van der Waals surface area contributed by atoms with Crippen LogP contribution in [0.5, 0.6) is 0 Å². The predicted octanol–water partition coefficient (Wildman–Crippen LogP) is 2.43. The average molecular weight is 343 g/mol. The van der Waals surface area contributed by atoms with Gasteiger partial charge < -0.3 is 9.47 Å². The molecule has 0 aromatic heterocycles. The van der Waals surface area contributed by atoms with E-state index in [1.165, 1.54) is 0 Å². The van der Waals surface area contributed by atoms with Gasteiger partial charge in [0.05, 0.1) is 41.0 Å². The number of carbonyl (C=O) groups excluding carboxylic acids is 4. The van der Waals surface area contributed by atoms with E-state index in [9.17, 15) is 24.4 Å². The van der Waals surface area contributed by atoms with Crippen molar-refractivity contribution >= 4 is 46.0 Å². The molecule has 2 aliphatic heterocycles. The molecule has 0 N–H and O–H groups in total. The van der Waals surface area contributed by atoms with E-state index in [0.717, 1.165) is 6.07 Å². The Hall–Kier alpha value is -4.55. The third kappa shape index (κ3) is 1.55. The molecule has 9 heteroatoms. The van der Waals surface area contributed by atoms with Crippen molar-refractivity contribution in [3.63, 3.8) is 0 Å². The first-order valence-electron chi connectivity index (χ1n) is 6.83. The maximum Gasteiger partial charge on any atom is 0.347 e. The number of nitriles is 1. The summed E-state index contributed by atoms with van der Waals surface area (Å²) in [7, 11) is 0. The predicted molar refractivity (Wildman–Crippen MR) is 80.7 cm³/mol. The summed E-state index contributed by atoms with van der Waals surface area (Å²) in [6.45, 7) is 14.6. The Labute approximate surface area is 143 Å². The van der Waals surface area contributed by atoms with Crippen LogP contribution in [0.4, 0.5) is 11.4 Å². The van der Waals surface area contributed by atoms with E-state index < -0.39 is 46.4 Å². The van der Waals surface area contributed by atoms with Gasteiger partial charge in [-0.2, -0.15) is 5.26 Å². The number of benzene rings is 2. The Morgan fingerprint density at radius 3 is 1.85 bits per heavy atom. The number of esters is 4. The molecular formula is C17HN3O6. The second kappa shape index (κ2) is 4.73. The van der Waals surface area contributed by atoms with Crippen LogP contribution in [0.15, 0.2) is 6.07 Å². The molecule has 0 saturated carbocycles. The van der Waals surface area contributed by atoms with Crippen LogP contribution in [0.2, 0.25) is 0 Å². The van der Waals surface area contributed by atoms with Gasteiger partial charge in [0.2, 0.25) is 11.4 Å². The molecule has 9 nitrogen and oxygen atoms in total. The summed E-state index contributed by atoms with van der Waals surface area (Å²) >= 11 is 0. The van der Waals surface area contributed by atoms with E-state index in [0.29, 0.717) is 0 Å². The lowest BCUT2D eigenvalue weighted by Gasteiger charge is -2.24. The maximum atomic E-state index is 12.2. The van der Waals surface area contributed by atoms with E-state index in [2.05, 4.69) is 19.2 Å². The Kier molecular flexibility index (Phi) is 2.73. The normalized spacial score (nSPS) is 14.2. The number of rotatable bonds is 0. The van der Waals surface area contributed by atoms with Gasteiger partial charge in [0.15, 0.2) is 0 Å². The van der Waals surface area contributed by atoms with Gasteiger partial charge in [-0.3, -0.25) is 0 Å². The van der Waals surface area contributed by atoms with E-state index in [1.54, 1.807) is 6.07 Å². The average Bonchev–Trinajstić information content (AvgIpc) is 2.62. The second-order valence-electron chi connectivity index (χ2n) is 5.23. The minimum absolute atomic E-state index is 0.168. The zero-order chi connectivity index (χ0) is 18.7. The third-order valence-corrected chi connectivity index (χ3v) is 4.07. The highest BCUT2D eigenvalue weighted by atomic mass is 16.6. The van der Waals surface area contributed by atoms with Crippen molar-refractivity contribution in [2.45, 2.75) is 0 Å². The van der Waals surface area contributed by atoms with Gasteiger partial charge in [0.25, 0.3) is 0 Å². The van der Waals surface area contributed by atoms with E-state index in [-0.39, 0.29) is 27.5 Å². The first-order valence-corrected chi connectivity index (χ1v) is 6.83. The topological polar surface area (TPSA) is 119 Å². The molecule has 120 valence electrons. The molecule has 0 aliphatic carbocycles. The van der Waals surface area contributed by atoms with E-state index in [4.69, 9.17) is 13.1 Å². The molecule has 0 fully saturated rings. The molecular weight excluding hydrogens is 342 g/mol. The lowest BCUT2D eigenvalue weighted by molar-refractivity contribution is 0.0367. The number of carbonyl (C=O) groups is 4. The highest BCUT2D eigenvalue weighted by Gasteiger charge is 2.41. The molecule has 0 saturated heterocycles. The zero-order valence-corrected chi connectivity index (χ0v) is 12.4. The minimum Gasteiger partial charge on any atom is -0.387 e. The highest BCUT2D eigenvalue weighted by molar-refractivity contribution is 6.34. The molecule has 0 radical (unpaired) electrons. The van der Waals surface area contributed by atoms with Crippen molar-refractivity contribution in [3.05, 3.63) is 56.7 Å². The molecule has 0 spiro atoms. The largest absolute Gasteiger partial charge is 0.387 e. The summed E-state index contributed by atoms with van der Waals surface area (Å²) in [5, 5.41) is 8.92. The van der Waals surface area contributed by atoms with Crippen molar-refractivity contribution in [3.8, 4) is 6.07 Å². The fraction of sp³-hybridized carbons (Fsp3) is 0. The van der Waals surface area contributed by atoms with Gasteiger partial charge in [0, 0.05) is 5.39 Å². The Morgan fingerprint density at radius 2 is 1.31 bits per heavy atom. The lowest BCUT2D eigenvalue weighted by Crippen LogP contribution is -2.26. The summed E-state index contributed by atoms with van der Waals surface area (Å²) in [4.78, 5) is 55.0. The standard InChI is InChI=1S/C17HN3O6/c1-19-12-10-8-6(14(21)25-16(10)23)3-5(4-18)7-9(8)11(13(12)20-2)17(24)26-15(7)22/h3H. The smallest absolute Gasteiger partial charge is 0.347 e. The minimum atomic E-state index is -1.20. The van der Waals surface area contributed by atoms with Crippen LogP contribution in [0, 0.1) is 24.5 Å². The second-order valence-corrected chi connectivity index (χ2v) is 5.23. The molecule has 26 heavy (non-hydrogen) atoms. The fourth-order valence-electron chi connectivity index (χ4n) is 3.12. The monoisotopic (exact) mass is 343 g/mol. The number of cyclic esters (lactones) is 4. The highest BCUT2D eigenvalue weighted by Crippen LogP contribution is 2.48. The molecule has 0 unspecified atom stereocenters. The molecule has 0 atom stereocenters. The third-order valence-electron chi connectivity index (χ3n) is 4.07. The molecule has 4 rings (SSSR count). The molecule has 2 aromatic rings. The molecule has 0 amide bonds. The Morgan fingerprint density at radius 1 is 0.808 bits per heavy atom. The molecule has 2 aromatic carbocycles. The van der Waals surface area contributed by atoms with E-state index in [1.807, 2.05) is 0 Å². The summed E-state index contributed by atoms with van der Waals surface area (Å²) in [6, 6.07) is 2.75. The van der Waals surface area contributed by atoms with Crippen molar-refractivity contribution in [1.29, 1.82) is 5.26 Å². The van der Waals surface area contributed by atoms with Crippen LogP contribution < -0.4 is 0 Å². The summed E-state index contributed by atoms with van der Waals surface area (Å²) < 4.78 is 9.19. The molecule has 2 heterocycles. The van der Waals surface area contributed by atoms with Crippen LogP contribution in [0.1, 0.15) is 47.0 Å². The number of nitrogens with zero attached hydrogens (tertiary/aromatic N) is 3. The fourth-order valence-corrected chi connectivity index (χ4v) is 3.12. The number of ether oxygens (including phenoxy) is 2. The Balaban J connectivity index is 2.47. The van der Waals surface area contributed by atoms with Crippen LogP contribution in [-0.4, -0.2) is 23.9 Å². The van der Waals surface area contributed by atoms with Crippen molar-refractivity contribution < 1.29 is 28.7 Å². The SMILES string of the molecule is [C-]#[N+]c1c([N+]#[C-])c2c3c(c(C#N)cc4c3c1C(=O)OC4=O)C(=O)OC2=O. The van der Waals surface area contributed by atoms with Crippen molar-refractivity contribution in [2.24, 2.45) is 0 Å². The van der Waals surface area contributed by atoms with Crippen LogP contribution >= 0.6 is 0 Å². The van der Waals surface area contributed by atoms with Gasteiger partial charge in [-0.05, 0) is 11.5 Å². The summed E-state index contributed by atoms with van der Waals surface area (Å²) in [5.41, 5.74) is -2.69. The zero-order valence-electron chi connectivity index (χ0n) is 12.4. The first kappa shape index (κ1) is 15.0. The van der Waals surface area contributed by atoms with Gasteiger partial charge in [0.1, 0.15) is 6.07 Å². The van der Waals surface area contributed by atoms with Crippen LogP contribution in [-0.2, 0) is 9.47 Å². The van der Waals surface area contributed by atoms with Crippen LogP contribution in [0.25, 0.3) is 20.5 Å². The number of hydrogen-bond donors (Lipinski definition) is 0. The molecule has 2 aliphatic rings. The van der Waals surface area contributed by atoms with E-state index >= 15 is 0 Å². The van der Waals surface area contributed by atoms with Gasteiger partial charge in [-0.25, -0.2) is 28.9 Å². The maximum absolute atomic E-state index is 12.2. The number of hydrogen-bond acceptors (Lipinski definition) is 7. The van der Waals surface area contributed by atoms with Gasteiger partial charge in [-0.15, -0.1) is 0 Å². The van der Waals surface area contributed by atoms with Crippen molar-refractivity contribution in [2.75, 3.05) is 0 Å². The summed E-state index contributed by atoms with van der Waals surface area (Å²) in [6.07, 6.45) is 0. The molecule has 0 bridgehead atoms.